The van der Waals surface area contributed by atoms with E-state index in [0.29, 0.717) is 5.41 Å². The summed E-state index contributed by atoms with van der Waals surface area (Å²) >= 11 is 3.67. The summed E-state index contributed by atoms with van der Waals surface area (Å²) in [6.45, 7) is 11.5. The van der Waals surface area contributed by atoms with Crippen molar-refractivity contribution in [3.63, 3.8) is 0 Å². The van der Waals surface area contributed by atoms with Gasteiger partial charge < -0.3 is 10.6 Å². The molecule has 21 heavy (non-hydrogen) atoms. The standard InChI is InChI=1S/C18H29BrN2/c1-13(20)16-8-7-15(12-17(16)19)21-10-5-6-14(9-11-21)18(2,3)4/h7-8,12-14H,5-6,9-11,20H2,1-4H3/t13-,14?/m0/s1. The molecule has 2 atom stereocenters. The number of nitrogens with zero attached hydrogens (tertiary/aromatic N) is 1. The van der Waals surface area contributed by atoms with Gasteiger partial charge in [-0.25, -0.2) is 0 Å². The fraction of sp³-hybridized carbons (Fsp3) is 0.667. The van der Waals surface area contributed by atoms with Gasteiger partial charge in [-0.1, -0.05) is 42.8 Å². The van der Waals surface area contributed by atoms with Crippen LogP contribution in [0.1, 0.15) is 58.6 Å². The Balaban J connectivity index is 2.11. The van der Waals surface area contributed by atoms with E-state index in [4.69, 9.17) is 5.73 Å². The van der Waals surface area contributed by atoms with E-state index in [0.717, 1.165) is 23.5 Å². The Hall–Kier alpha value is -0.540. The second-order valence-corrected chi connectivity index (χ2v) is 8.33. The van der Waals surface area contributed by atoms with Gasteiger partial charge in [-0.2, -0.15) is 0 Å². The molecule has 1 aromatic carbocycles. The van der Waals surface area contributed by atoms with Crippen LogP contribution in [0.2, 0.25) is 0 Å². The van der Waals surface area contributed by atoms with Gasteiger partial charge >= 0.3 is 0 Å². The summed E-state index contributed by atoms with van der Waals surface area (Å²) in [6, 6.07) is 6.69. The SMILES string of the molecule is C[C@H](N)c1ccc(N2CCCC(C(C)(C)C)CC2)cc1Br. The molecule has 2 nitrogen and oxygen atoms in total. The van der Waals surface area contributed by atoms with E-state index in [9.17, 15) is 0 Å². The molecule has 0 radical (unpaired) electrons. The summed E-state index contributed by atoms with van der Waals surface area (Å²) in [5, 5.41) is 0. The van der Waals surface area contributed by atoms with Crippen molar-refractivity contribution in [2.75, 3.05) is 18.0 Å². The van der Waals surface area contributed by atoms with Crippen molar-refractivity contribution in [2.45, 2.75) is 53.0 Å². The maximum atomic E-state index is 5.99. The molecule has 2 rings (SSSR count). The number of rotatable bonds is 2. The Morgan fingerprint density at radius 1 is 1.24 bits per heavy atom. The number of halogens is 1. The second kappa shape index (κ2) is 6.70. The third kappa shape index (κ3) is 4.23. The van der Waals surface area contributed by atoms with Crippen molar-refractivity contribution in [2.24, 2.45) is 17.1 Å². The molecule has 0 aromatic heterocycles. The van der Waals surface area contributed by atoms with E-state index in [1.165, 1.54) is 30.5 Å². The Bertz CT molecular complexity index is 477. The molecule has 0 saturated carbocycles. The molecule has 118 valence electrons. The van der Waals surface area contributed by atoms with Crippen molar-refractivity contribution >= 4 is 21.6 Å². The van der Waals surface area contributed by atoms with Gasteiger partial charge in [0.1, 0.15) is 0 Å². The van der Waals surface area contributed by atoms with Gasteiger partial charge in [-0.3, -0.25) is 0 Å². The first-order valence-electron chi connectivity index (χ1n) is 8.09. The highest BCUT2D eigenvalue weighted by Crippen LogP contribution is 2.36. The van der Waals surface area contributed by atoms with Gasteiger partial charge in [0.15, 0.2) is 0 Å². The third-order valence-corrected chi connectivity index (χ3v) is 5.48. The lowest BCUT2D eigenvalue weighted by atomic mass is 9.77. The summed E-state index contributed by atoms with van der Waals surface area (Å²) in [7, 11) is 0. The van der Waals surface area contributed by atoms with Crippen molar-refractivity contribution in [3.05, 3.63) is 28.2 Å². The quantitative estimate of drug-likeness (QED) is 0.799. The predicted octanol–water partition coefficient (Wildman–Crippen LogP) is 5.12. The van der Waals surface area contributed by atoms with Gasteiger partial charge in [0.25, 0.3) is 0 Å². The summed E-state index contributed by atoms with van der Waals surface area (Å²) in [6.07, 6.45) is 3.92. The maximum Gasteiger partial charge on any atom is 0.0377 e. The lowest BCUT2D eigenvalue weighted by Gasteiger charge is -2.30. The van der Waals surface area contributed by atoms with Crippen molar-refractivity contribution in [1.29, 1.82) is 0 Å². The number of anilines is 1. The normalized spacial score (nSPS) is 22.0. The largest absolute Gasteiger partial charge is 0.371 e. The highest BCUT2D eigenvalue weighted by molar-refractivity contribution is 9.10. The van der Waals surface area contributed by atoms with Crippen molar-refractivity contribution in [3.8, 4) is 0 Å². The smallest absolute Gasteiger partial charge is 0.0377 e. The third-order valence-electron chi connectivity index (χ3n) is 4.79. The molecule has 3 heteroatoms. The molecule has 1 aromatic rings. The van der Waals surface area contributed by atoms with Crippen LogP contribution in [-0.4, -0.2) is 13.1 Å². The van der Waals surface area contributed by atoms with Crippen LogP contribution in [-0.2, 0) is 0 Å². The van der Waals surface area contributed by atoms with E-state index < -0.39 is 0 Å². The number of hydrogen-bond acceptors (Lipinski definition) is 2. The van der Waals surface area contributed by atoms with Crippen LogP contribution >= 0.6 is 15.9 Å². The number of nitrogens with two attached hydrogens (primary N) is 1. The van der Waals surface area contributed by atoms with Crippen LogP contribution in [0.25, 0.3) is 0 Å². The van der Waals surface area contributed by atoms with E-state index >= 15 is 0 Å². The minimum absolute atomic E-state index is 0.0721. The molecule has 0 aliphatic carbocycles. The molecular weight excluding hydrogens is 324 g/mol. The fourth-order valence-corrected chi connectivity index (χ4v) is 4.03. The number of hydrogen-bond donors (Lipinski definition) is 1. The summed E-state index contributed by atoms with van der Waals surface area (Å²) < 4.78 is 1.13. The first-order valence-corrected chi connectivity index (χ1v) is 8.88. The molecule has 1 saturated heterocycles. The Kier molecular flexibility index (Phi) is 5.37. The molecule has 1 aliphatic rings. The topological polar surface area (TPSA) is 29.3 Å². The minimum atomic E-state index is 0.0721. The molecule has 1 fully saturated rings. The number of benzene rings is 1. The molecule has 2 N–H and O–H groups in total. The van der Waals surface area contributed by atoms with Gasteiger partial charge in [0.2, 0.25) is 0 Å². The van der Waals surface area contributed by atoms with Crippen LogP contribution in [0.4, 0.5) is 5.69 Å². The molecule has 1 heterocycles. The summed E-state index contributed by atoms with van der Waals surface area (Å²) in [5.41, 5.74) is 8.92. The maximum absolute atomic E-state index is 5.99. The van der Waals surface area contributed by atoms with E-state index in [1.54, 1.807) is 0 Å². The molecule has 1 unspecified atom stereocenters. The average molecular weight is 353 g/mol. The fourth-order valence-electron chi connectivity index (χ4n) is 3.30. The van der Waals surface area contributed by atoms with E-state index in [1.807, 2.05) is 6.92 Å². The van der Waals surface area contributed by atoms with Crippen LogP contribution in [0.3, 0.4) is 0 Å². The monoisotopic (exact) mass is 352 g/mol. The van der Waals surface area contributed by atoms with E-state index in [2.05, 4.69) is 59.8 Å². The Morgan fingerprint density at radius 2 is 1.95 bits per heavy atom. The van der Waals surface area contributed by atoms with Crippen LogP contribution < -0.4 is 10.6 Å². The summed E-state index contributed by atoms with van der Waals surface area (Å²) in [5.74, 6) is 0.828. The van der Waals surface area contributed by atoms with Crippen LogP contribution in [0, 0.1) is 11.3 Å². The predicted molar refractivity (Wildman–Crippen MR) is 95.8 cm³/mol. The molecule has 0 spiro atoms. The lowest BCUT2D eigenvalue weighted by molar-refractivity contribution is 0.220. The van der Waals surface area contributed by atoms with Crippen LogP contribution in [0.5, 0.6) is 0 Å². The zero-order valence-corrected chi connectivity index (χ0v) is 15.4. The molecule has 0 amide bonds. The van der Waals surface area contributed by atoms with Crippen molar-refractivity contribution < 1.29 is 0 Å². The summed E-state index contributed by atoms with van der Waals surface area (Å²) in [4.78, 5) is 2.53. The van der Waals surface area contributed by atoms with Crippen molar-refractivity contribution in [1.82, 2.24) is 0 Å². The highest BCUT2D eigenvalue weighted by atomic mass is 79.9. The zero-order valence-electron chi connectivity index (χ0n) is 13.8. The van der Waals surface area contributed by atoms with E-state index in [-0.39, 0.29) is 6.04 Å². The zero-order chi connectivity index (χ0) is 15.6. The Labute approximate surface area is 138 Å². The van der Waals surface area contributed by atoms with Gasteiger partial charge in [-0.05, 0) is 55.2 Å². The minimum Gasteiger partial charge on any atom is -0.371 e. The Morgan fingerprint density at radius 3 is 2.52 bits per heavy atom. The van der Waals surface area contributed by atoms with Gasteiger partial charge in [-0.15, -0.1) is 0 Å². The first kappa shape index (κ1) is 16.8. The average Bonchev–Trinajstić information content (AvgIpc) is 2.63. The first-order chi connectivity index (χ1) is 9.79. The highest BCUT2D eigenvalue weighted by Gasteiger charge is 2.27. The molecule has 0 bridgehead atoms. The molecular formula is C18H29BrN2. The molecule has 1 aliphatic heterocycles. The van der Waals surface area contributed by atoms with Gasteiger partial charge in [0.05, 0.1) is 0 Å². The second-order valence-electron chi connectivity index (χ2n) is 7.48. The van der Waals surface area contributed by atoms with Gasteiger partial charge in [0, 0.05) is 29.3 Å². The van der Waals surface area contributed by atoms with Crippen LogP contribution in [0.15, 0.2) is 22.7 Å². The lowest BCUT2D eigenvalue weighted by Crippen LogP contribution is -2.26.